The van der Waals surface area contributed by atoms with E-state index < -0.39 is 5.97 Å². The van der Waals surface area contributed by atoms with Crippen molar-refractivity contribution in [1.82, 2.24) is 0 Å². The number of allylic oxidation sites excluding steroid dienone is 4. The van der Waals surface area contributed by atoms with Crippen LogP contribution in [0.1, 0.15) is 62.0 Å². The summed E-state index contributed by atoms with van der Waals surface area (Å²) in [6.07, 6.45) is 6.83. The van der Waals surface area contributed by atoms with E-state index >= 15 is 0 Å². The highest BCUT2D eigenvalue weighted by molar-refractivity contribution is 6.11. The van der Waals surface area contributed by atoms with E-state index in [0.29, 0.717) is 10.8 Å². The molecule has 0 bridgehead atoms. The first-order valence-corrected chi connectivity index (χ1v) is 12.5. The van der Waals surface area contributed by atoms with Crippen LogP contribution in [-0.2, 0) is 5.41 Å². The summed E-state index contributed by atoms with van der Waals surface area (Å²) in [5, 5.41) is 23.7. The fraction of sp³-hybridized carbons (Fsp3) is 0.242. The van der Waals surface area contributed by atoms with Crippen molar-refractivity contribution in [3.05, 3.63) is 95.1 Å². The number of hydrogen-bond donors (Lipinski definition) is 2. The Morgan fingerprint density at radius 3 is 2.44 bits per heavy atom. The van der Waals surface area contributed by atoms with Crippen molar-refractivity contribution in [3.63, 3.8) is 0 Å². The molecule has 2 aliphatic carbocycles. The Labute approximate surface area is 211 Å². The predicted octanol–water partition coefficient (Wildman–Crippen LogP) is 8.48. The number of hydrogen-bond acceptors (Lipinski definition) is 2. The first-order valence-electron chi connectivity index (χ1n) is 12.5. The molecule has 180 valence electrons. The zero-order valence-corrected chi connectivity index (χ0v) is 21.1. The van der Waals surface area contributed by atoms with Gasteiger partial charge in [-0.15, -0.1) is 0 Å². The summed E-state index contributed by atoms with van der Waals surface area (Å²) in [6.45, 7) is 9.32. The minimum atomic E-state index is -1.05. The van der Waals surface area contributed by atoms with Crippen molar-refractivity contribution in [2.24, 2.45) is 5.41 Å². The molecular weight excluding hydrogens is 444 g/mol. The SMILES string of the molecule is CC1(C)C=CC2=C(C1)CC(C)(C)c1c2ccc2cc(-c3cccc4cc(O)cc(C(=O)O)c34)ccc12. The second-order valence-electron chi connectivity index (χ2n) is 11.7. The Bertz CT molecular complexity index is 1660. The van der Waals surface area contributed by atoms with Gasteiger partial charge in [-0.2, -0.15) is 0 Å². The topological polar surface area (TPSA) is 57.5 Å². The highest BCUT2D eigenvalue weighted by Crippen LogP contribution is 2.51. The van der Waals surface area contributed by atoms with E-state index in [2.05, 4.69) is 70.2 Å². The van der Waals surface area contributed by atoms with Gasteiger partial charge < -0.3 is 10.2 Å². The molecule has 0 fully saturated rings. The molecule has 0 saturated heterocycles. The smallest absolute Gasteiger partial charge is 0.336 e. The standard InChI is InChI=1S/C33H30O3/c1-32(2)13-12-24-22(17-32)18-33(3,4)30-26-10-8-19(14-20(26)9-11-27(24)30)25-7-5-6-21-15-23(34)16-28(29(21)25)31(35)36/h5-16,34H,17-18H2,1-4H3,(H,35,36). The van der Waals surface area contributed by atoms with Gasteiger partial charge in [0.15, 0.2) is 0 Å². The number of carboxylic acids is 1. The normalized spacial score (nSPS) is 17.8. The Balaban J connectivity index is 1.56. The molecule has 0 unspecified atom stereocenters. The molecule has 4 aromatic carbocycles. The van der Waals surface area contributed by atoms with Gasteiger partial charge in [0.2, 0.25) is 0 Å². The number of phenolic OH excluding ortho intramolecular Hbond substituents is 1. The maximum atomic E-state index is 12.0. The van der Waals surface area contributed by atoms with Crippen LogP contribution >= 0.6 is 0 Å². The molecule has 3 heteroatoms. The second-order valence-corrected chi connectivity index (χ2v) is 11.7. The van der Waals surface area contributed by atoms with E-state index in [-0.39, 0.29) is 22.1 Å². The van der Waals surface area contributed by atoms with Crippen LogP contribution in [0.15, 0.2) is 78.4 Å². The van der Waals surface area contributed by atoms with Gasteiger partial charge in [0.1, 0.15) is 5.75 Å². The summed E-state index contributed by atoms with van der Waals surface area (Å²) in [4.78, 5) is 12.0. The van der Waals surface area contributed by atoms with Crippen molar-refractivity contribution >= 4 is 33.1 Å². The highest BCUT2D eigenvalue weighted by Gasteiger charge is 2.36. The molecule has 2 aliphatic rings. The van der Waals surface area contributed by atoms with Gasteiger partial charge >= 0.3 is 5.97 Å². The Morgan fingerprint density at radius 1 is 0.861 bits per heavy atom. The third-order valence-corrected chi connectivity index (χ3v) is 7.90. The van der Waals surface area contributed by atoms with Crippen LogP contribution in [0.3, 0.4) is 0 Å². The third kappa shape index (κ3) is 3.45. The number of rotatable bonds is 2. The Kier molecular flexibility index (Phi) is 4.75. The summed E-state index contributed by atoms with van der Waals surface area (Å²) < 4.78 is 0. The van der Waals surface area contributed by atoms with Gasteiger partial charge in [-0.1, -0.05) is 87.9 Å². The van der Waals surface area contributed by atoms with Crippen LogP contribution in [0.5, 0.6) is 5.75 Å². The molecule has 0 aliphatic heterocycles. The quantitative estimate of drug-likeness (QED) is 0.306. The highest BCUT2D eigenvalue weighted by atomic mass is 16.4. The van der Waals surface area contributed by atoms with Gasteiger partial charge in [-0.25, -0.2) is 4.79 Å². The first kappa shape index (κ1) is 22.6. The molecular formula is C33H30O3. The van der Waals surface area contributed by atoms with Crippen LogP contribution in [0, 0.1) is 5.41 Å². The van der Waals surface area contributed by atoms with Gasteiger partial charge in [-0.3, -0.25) is 0 Å². The molecule has 3 nitrogen and oxygen atoms in total. The zero-order valence-electron chi connectivity index (χ0n) is 21.1. The second kappa shape index (κ2) is 7.57. The lowest BCUT2D eigenvalue weighted by Gasteiger charge is -2.40. The molecule has 2 N–H and O–H groups in total. The van der Waals surface area contributed by atoms with E-state index in [1.165, 1.54) is 28.2 Å². The van der Waals surface area contributed by atoms with Crippen LogP contribution in [0.4, 0.5) is 0 Å². The minimum Gasteiger partial charge on any atom is -0.508 e. The van der Waals surface area contributed by atoms with Gasteiger partial charge in [0.05, 0.1) is 5.56 Å². The average molecular weight is 475 g/mol. The molecule has 4 aromatic rings. The summed E-state index contributed by atoms with van der Waals surface area (Å²) in [6, 6.07) is 19.6. The summed E-state index contributed by atoms with van der Waals surface area (Å²) in [7, 11) is 0. The summed E-state index contributed by atoms with van der Waals surface area (Å²) >= 11 is 0. The number of phenols is 1. The molecule has 0 saturated carbocycles. The summed E-state index contributed by atoms with van der Waals surface area (Å²) in [5.74, 6) is -1.09. The summed E-state index contributed by atoms with van der Waals surface area (Å²) in [5.41, 5.74) is 7.81. The number of benzene rings is 4. The van der Waals surface area contributed by atoms with Gasteiger partial charge in [0, 0.05) is 5.39 Å². The van der Waals surface area contributed by atoms with E-state index in [1.807, 2.05) is 18.2 Å². The van der Waals surface area contributed by atoms with Crippen molar-refractivity contribution in [3.8, 4) is 16.9 Å². The van der Waals surface area contributed by atoms with Gasteiger partial charge in [-0.05, 0) is 85.9 Å². The van der Waals surface area contributed by atoms with E-state index in [0.717, 1.165) is 29.4 Å². The Hall–Kier alpha value is -3.85. The maximum Gasteiger partial charge on any atom is 0.336 e. The fourth-order valence-corrected chi connectivity index (χ4v) is 6.46. The van der Waals surface area contributed by atoms with E-state index in [4.69, 9.17) is 0 Å². The van der Waals surface area contributed by atoms with E-state index in [1.54, 1.807) is 11.6 Å². The number of fused-ring (bicyclic) bond motifs is 5. The number of aromatic hydroxyl groups is 1. The van der Waals surface area contributed by atoms with Crippen LogP contribution < -0.4 is 0 Å². The minimum absolute atomic E-state index is 0.0178. The zero-order chi connectivity index (χ0) is 25.4. The van der Waals surface area contributed by atoms with Crippen LogP contribution in [0.25, 0.3) is 38.2 Å². The molecule has 0 heterocycles. The van der Waals surface area contributed by atoms with E-state index in [9.17, 15) is 15.0 Å². The number of carbonyl (C=O) groups is 1. The largest absolute Gasteiger partial charge is 0.508 e. The van der Waals surface area contributed by atoms with Crippen molar-refractivity contribution in [1.29, 1.82) is 0 Å². The lowest BCUT2D eigenvalue weighted by molar-refractivity contribution is 0.0698. The van der Waals surface area contributed by atoms with Crippen molar-refractivity contribution in [2.75, 3.05) is 0 Å². The molecule has 0 radical (unpaired) electrons. The number of carboxylic acid groups (broad SMARTS) is 1. The number of aromatic carboxylic acids is 1. The van der Waals surface area contributed by atoms with Gasteiger partial charge in [0.25, 0.3) is 0 Å². The lowest BCUT2D eigenvalue weighted by atomic mass is 9.64. The molecule has 36 heavy (non-hydrogen) atoms. The molecule has 6 rings (SSSR count). The predicted molar refractivity (Wildman–Crippen MR) is 148 cm³/mol. The average Bonchev–Trinajstić information content (AvgIpc) is 2.81. The van der Waals surface area contributed by atoms with Crippen molar-refractivity contribution in [2.45, 2.75) is 46.0 Å². The molecule has 0 amide bonds. The molecule has 0 spiro atoms. The monoisotopic (exact) mass is 474 g/mol. The first-order chi connectivity index (χ1) is 17.0. The molecule has 0 aromatic heterocycles. The lowest BCUT2D eigenvalue weighted by Crippen LogP contribution is -2.27. The van der Waals surface area contributed by atoms with Crippen LogP contribution in [0.2, 0.25) is 0 Å². The fourth-order valence-electron chi connectivity index (χ4n) is 6.46. The maximum absolute atomic E-state index is 12.0. The van der Waals surface area contributed by atoms with Crippen LogP contribution in [-0.4, -0.2) is 16.2 Å². The Morgan fingerprint density at radius 2 is 1.67 bits per heavy atom. The third-order valence-electron chi connectivity index (χ3n) is 7.90. The molecule has 0 atom stereocenters. The van der Waals surface area contributed by atoms with Crippen molar-refractivity contribution < 1.29 is 15.0 Å².